The highest BCUT2D eigenvalue weighted by molar-refractivity contribution is 7.99. The highest BCUT2D eigenvalue weighted by atomic mass is 35.5. The van der Waals surface area contributed by atoms with Crippen molar-refractivity contribution in [2.24, 2.45) is 0 Å². The Kier molecular flexibility index (Phi) is 7.45. The number of carbonyl (C=O) groups excluding carboxylic acids is 1. The lowest BCUT2D eigenvalue weighted by atomic mass is 10.2. The van der Waals surface area contributed by atoms with Gasteiger partial charge in [0.05, 0.1) is 18.4 Å². The fourth-order valence-corrected chi connectivity index (χ4v) is 4.55. The maximum atomic E-state index is 12.6. The van der Waals surface area contributed by atoms with Gasteiger partial charge in [0.2, 0.25) is 5.91 Å². The van der Waals surface area contributed by atoms with Gasteiger partial charge in [-0.25, -0.2) is 0 Å². The van der Waals surface area contributed by atoms with E-state index >= 15 is 0 Å². The first-order valence-electron chi connectivity index (χ1n) is 9.68. The molecule has 0 spiro atoms. The molecule has 0 fully saturated rings. The monoisotopic (exact) mass is 518 g/mol. The van der Waals surface area contributed by atoms with Gasteiger partial charge in [-0.05, 0) is 54.6 Å². The van der Waals surface area contributed by atoms with Crippen molar-refractivity contribution in [2.75, 3.05) is 18.2 Å². The van der Waals surface area contributed by atoms with E-state index in [4.69, 9.17) is 39.5 Å². The number of ether oxygens (including phenoxy) is 1. The normalized spacial score (nSPS) is 10.8. The molecule has 1 N–H and O–H groups in total. The first kappa shape index (κ1) is 23.4. The molecular formula is C23H17Cl3N4O2S. The van der Waals surface area contributed by atoms with E-state index < -0.39 is 0 Å². The van der Waals surface area contributed by atoms with E-state index in [1.54, 1.807) is 37.4 Å². The molecule has 1 amide bonds. The maximum absolute atomic E-state index is 12.6. The quantitative estimate of drug-likeness (QED) is 0.277. The number of hydrogen-bond acceptors (Lipinski definition) is 5. The molecule has 6 nitrogen and oxygen atoms in total. The van der Waals surface area contributed by atoms with Crippen molar-refractivity contribution < 1.29 is 9.53 Å². The Labute approximate surface area is 209 Å². The molecule has 33 heavy (non-hydrogen) atoms. The molecule has 0 atom stereocenters. The minimum atomic E-state index is -0.233. The van der Waals surface area contributed by atoms with Gasteiger partial charge in [0, 0.05) is 26.4 Å². The van der Waals surface area contributed by atoms with E-state index in [9.17, 15) is 4.79 Å². The largest absolute Gasteiger partial charge is 0.496 e. The van der Waals surface area contributed by atoms with Gasteiger partial charge in [-0.15, -0.1) is 10.2 Å². The van der Waals surface area contributed by atoms with Crippen molar-refractivity contribution in [1.82, 2.24) is 14.8 Å². The number of benzene rings is 3. The van der Waals surface area contributed by atoms with Crippen LogP contribution >= 0.6 is 46.6 Å². The number of halogens is 3. The minimum absolute atomic E-state index is 0.0990. The van der Waals surface area contributed by atoms with Crippen LogP contribution in [-0.4, -0.2) is 33.5 Å². The molecule has 0 aliphatic rings. The Bertz CT molecular complexity index is 1280. The van der Waals surface area contributed by atoms with Crippen LogP contribution in [0.2, 0.25) is 15.1 Å². The third-order valence-corrected chi connectivity index (χ3v) is 6.16. The number of anilines is 1. The fourth-order valence-electron chi connectivity index (χ4n) is 3.14. The topological polar surface area (TPSA) is 69.0 Å². The maximum Gasteiger partial charge on any atom is 0.234 e. The van der Waals surface area contributed by atoms with Crippen LogP contribution in [-0.2, 0) is 4.79 Å². The van der Waals surface area contributed by atoms with Gasteiger partial charge in [-0.3, -0.25) is 9.36 Å². The number of hydrogen-bond donors (Lipinski definition) is 1. The molecule has 0 saturated heterocycles. The highest BCUT2D eigenvalue weighted by Gasteiger charge is 2.20. The van der Waals surface area contributed by atoms with Crippen molar-refractivity contribution in [3.63, 3.8) is 0 Å². The predicted octanol–water partition coefficient (Wildman–Crippen LogP) is 6.63. The summed E-state index contributed by atoms with van der Waals surface area (Å²) in [6.07, 6.45) is 0. The summed E-state index contributed by atoms with van der Waals surface area (Å²) in [6.45, 7) is 0. The van der Waals surface area contributed by atoms with Gasteiger partial charge in [-0.1, -0.05) is 58.7 Å². The smallest absolute Gasteiger partial charge is 0.234 e. The van der Waals surface area contributed by atoms with Crippen LogP contribution in [0.25, 0.3) is 17.1 Å². The van der Waals surface area contributed by atoms with Crippen molar-refractivity contribution in [3.8, 4) is 22.8 Å². The molecule has 0 aliphatic heterocycles. The zero-order chi connectivity index (χ0) is 23.4. The van der Waals surface area contributed by atoms with Crippen molar-refractivity contribution in [2.45, 2.75) is 5.16 Å². The summed E-state index contributed by atoms with van der Waals surface area (Å²) in [5, 5.41) is 13.6. The molecule has 168 valence electrons. The molecular weight excluding hydrogens is 503 g/mol. The van der Waals surface area contributed by atoms with E-state index in [-0.39, 0.29) is 11.7 Å². The van der Waals surface area contributed by atoms with Crippen LogP contribution < -0.4 is 10.1 Å². The summed E-state index contributed by atoms with van der Waals surface area (Å²) < 4.78 is 7.37. The van der Waals surface area contributed by atoms with Crippen LogP contribution in [0.1, 0.15) is 0 Å². The number of thioether (sulfide) groups is 1. The third kappa shape index (κ3) is 5.62. The second kappa shape index (κ2) is 10.5. The summed E-state index contributed by atoms with van der Waals surface area (Å²) in [5.74, 6) is 1.11. The van der Waals surface area contributed by atoms with Gasteiger partial charge in [0.1, 0.15) is 5.75 Å². The van der Waals surface area contributed by atoms with E-state index in [0.717, 1.165) is 11.3 Å². The molecule has 3 aromatic carbocycles. The van der Waals surface area contributed by atoms with Crippen LogP contribution in [0.3, 0.4) is 0 Å². The summed E-state index contributed by atoms with van der Waals surface area (Å²) >= 11 is 19.3. The summed E-state index contributed by atoms with van der Waals surface area (Å²) in [5.41, 5.74) is 2.09. The second-order valence-corrected chi connectivity index (χ2v) is 9.07. The zero-order valence-corrected chi connectivity index (χ0v) is 20.3. The highest BCUT2D eigenvalue weighted by Crippen LogP contribution is 2.33. The lowest BCUT2D eigenvalue weighted by Gasteiger charge is -2.12. The average molecular weight is 520 g/mol. The van der Waals surface area contributed by atoms with Crippen molar-refractivity contribution in [1.29, 1.82) is 0 Å². The number of carbonyl (C=O) groups is 1. The molecule has 0 aliphatic carbocycles. The lowest BCUT2D eigenvalue weighted by molar-refractivity contribution is -0.113. The first-order valence-corrected chi connectivity index (χ1v) is 11.8. The lowest BCUT2D eigenvalue weighted by Crippen LogP contribution is -2.14. The van der Waals surface area contributed by atoms with Crippen molar-refractivity contribution in [3.05, 3.63) is 81.8 Å². The van der Waals surface area contributed by atoms with Gasteiger partial charge in [-0.2, -0.15) is 0 Å². The number of amides is 1. The van der Waals surface area contributed by atoms with Crippen molar-refractivity contribution >= 4 is 58.2 Å². The molecule has 4 rings (SSSR count). The van der Waals surface area contributed by atoms with Crippen LogP contribution in [0, 0.1) is 0 Å². The Morgan fingerprint density at radius 2 is 1.67 bits per heavy atom. The SMILES string of the molecule is COc1ccccc1-c1nnc(SCC(=O)Nc2cc(Cl)cc(Cl)c2)n1-c1ccc(Cl)cc1. The van der Waals surface area contributed by atoms with E-state index in [0.29, 0.717) is 37.5 Å². The average Bonchev–Trinajstić information content (AvgIpc) is 3.21. The Morgan fingerprint density at radius 1 is 0.970 bits per heavy atom. The van der Waals surface area contributed by atoms with E-state index in [2.05, 4.69) is 15.5 Å². The summed E-state index contributed by atoms with van der Waals surface area (Å²) in [7, 11) is 1.60. The number of para-hydroxylation sites is 1. The number of methoxy groups -OCH3 is 1. The summed E-state index contributed by atoms with van der Waals surface area (Å²) in [6, 6.07) is 19.7. The molecule has 10 heteroatoms. The minimum Gasteiger partial charge on any atom is -0.496 e. The first-order chi connectivity index (χ1) is 15.9. The standard InChI is InChI=1S/C23H17Cl3N4O2S/c1-32-20-5-3-2-4-19(20)22-28-29-23(30(22)18-8-6-14(24)7-9-18)33-13-21(31)27-17-11-15(25)10-16(26)12-17/h2-12H,13H2,1H3,(H,27,31). The Hall–Kier alpha value is -2.71. The molecule has 0 bridgehead atoms. The zero-order valence-electron chi connectivity index (χ0n) is 17.3. The number of aromatic nitrogens is 3. The number of rotatable bonds is 7. The number of nitrogens with zero attached hydrogens (tertiary/aromatic N) is 3. The molecule has 0 unspecified atom stereocenters. The fraction of sp³-hybridized carbons (Fsp3) is 0.0870. The molecule has 0 radical (unpaired) electrons. The van der Waals surface area contributed by atoms with Gasteiger partial charge >= 0.3 is 0 Å². The number of nitrogens with one attached hydrogen (secondary N) is 1. The van der Waals surface area contributed by atoms with Gasteiger partial charge in [0.25, 0.3) is 0 Å². The molecule has 0 saturated carbocycles. The van der Waals surface area contributed by atoms with Gasteiger partial charge < -0.3 is 10.1 Å². The van der Waals surface area contributed by atoms with Gasteiger partial charge in [0.15, 0.2) is 11.0 Å². The Morgan fingerprint density at radius 3 is 2.36 bits per heavy atom. The van der Waals surface area contributed by atoms with E-state index in [1.165, 1.54) is 11.8 Å². The van der Waals surface area contributed by atoms with E-state index in [1.807, 2.05) is 41.0 Å². The molecule has 1 heterocycles. The van der Waals surface area contributed by atoms with Crippen LogP contribution in [0.15, 0.2) is 71.9 Å². The Balaban J connectivity index is 1.63. The van der Waals surface area contributed by atoms with Crippen LogP contribution in [0.5, 0.6) is 5.75 Å². The second-order valence-electron chi connectivity index (χ2n) is 6.81. The molecule has 4 aromatic rings. The van der Waals surface area contributed by atoms with Crippen LogP contribution in [0.4, 0.5) is 5.69 Å². The third-order valence-electron chi connectivity index (χ3n) is 4.54. The summed E-state index contributed by atoms with van der Waals surface area (Å²) in [4.78, 5) is 12.6. The predicted molar refractivity (Wildman–Crippen MR) is 134 cm³/mol. The molecule has 1 aromatic heterocycles.